The van der Waals surface area contributed by atoms with Gasteiger partial charge >= 0.3 is 12.1 Å². The fourth-order valence-electron chi connectivity index (χ4n) is 4.67. The van der Waals surface area contributed by atoms with Gasteiger partial charge in [-0.05, 0) is 53.3 Å². The SMILES string of the molecule is O=C(CC1(NC(=O)OCC2c3ccccc3-c3ccccc32)CC1)Nc1ccc(O)cc1C(=O)O. The van der Waals surface area contributed by atoms with Gasteiger partial charge in [0, 0.05) is 5.92 Å². The first-order valence-corrected chi connectivity index (χ1v) is 11.3. The number of nitrogens with one attached hydrogen (secondary N) is 2. The quantitative estimate of drug-likeness (QED) is 0.376. The zero-order valence-corrected chi connectivity index (χ0v) is 18.8. The molecular weight excluding hydrogens is 448 g/mol. The van der Waals surface area contributed by atoms with Crippen molar-refractivity contribution < 1.29 is 29.3 Å². The molecule has 3 aromatic carbocycles. The van der Waals surface area contributed by atoms with Gasteiger partial charge in [-0.15, -0.1) is 0 Å². The van der Waals surface area contributed by atoms with Crippen LogP contribution in [0.3, 0.4) is 0 Å². The van der Waals surface area contributed by atoms with Gasteiger partial charge in [-0.2, -0.15) is 0 Å². The zero-order chi connectivity index (χ0) is 24.6. The van der Waals surface area contributed by atoms with Crippen LogP contribution >= 0.6 is 0 Å². The standard InChI is InChI=1S/C27H24N2O6/c30-16-9-10-23(21(13-16)25(32)33)28-24(31)14-27(11-12-27)29-26(34)35-15-22-19-7-3-1-5-17(19)18-6-2-4-8-20(18)22/h1-10,13,22,30H,11-12,14-15H2,(H,28,31)(H,29,34)(H,32,33). The van der Waals surface area contributed by atoms with Crippen molar-refractivity contribution in [2.45, 2.75) is 30.7 Å². The maximum absolute atomic E-state index is 12.6. The van der Waals surface area contributed by atoms with E-state index < -0.39 is 23.5 Å². The first-order chi connectivity index (χ1) is 16.8. The molecule has 1 fully saturated rings. The van der Waals surface area contributed by atoms with E-state index in [1.165, 1.54) is 12.1 Å². The van der Waals surface area contributed by atoms with Crippen molar-refractivity contribution in [3.05, 3.63) is 83.4 Å². The number of aromatic hydroxyl groups is 1. The smallest absolute Gasteiger partial charge is 0.407 e. The fourth-order valence-corrected chi connectivity index (χ4v) is 4.67. The molecule has 5 rings (SSSR count). The summed E-state index contributed by atoms with van der Waals surface area (Å²) in [4.78, 5) is 36.6. The zero-order valence-electron chi connectivity index (χ0n) is 18.8. The van der Waals surface area contributed by atoms with E-state index in [4.69, 9.17) is 4.74 Å². The molecule has 0 saturated heterocycles. The third-order valence-corrected chi connectivity index (χ3v) is 6.57. The Morgan fingerprint density at radius 1 is 0.943 bits per heavy atom. The monoisotopic (exact) mass is 472 g/mol. The molecule has 0 unspecified atom stereocenters. The number of carbonyl (C=O) groups excluding carboxylic acids is 2. The highest BCUT2D eigenvalue weighted by Gasteiger charge is 2.46. The van der Waals surface area contributed by atoms with E-state index >= 15 is 0 Å². The Bertz CT molecular complexity index is 1290. The van der Waals surface area contributed by atoms with Gasteiger partial charge in [-0.25, -0.2) is 9.59 Å². The average molecular weight is 472 g/mol. The van der Waals surface area contributed by atoms with Crippen LogP contribution in [-0.2, 0) is 9.53 Å². The molecule has 0 heterocycles. The number of phenols is 1. The predicted molar refractivity (Wildman–Crippen MR) is 128 cm³/mol. The highest BCUT2D eigenvalue weighted by Crippen LogP contribution is 2.44. The molecule has 0 spiro atoms. The van der Waals surface area contributed by atoms with Crippen molar-refractivity contribution in [2.24, 2.45) is 0 Å². The summed E-state index contributed by atoms with van der Waals surface area (Å²) < 4.78 is 5.59. The Kier molecular flexibility index (Phi) is 5.64. The topological polar surface area (TPSA) is 125 Å². The number of hydrogen-bond donors (Lipinski definition) is 4. The van der Waals surface area contributed by atoms with Gasteiger partial charge in [0.1, 0.15) is 12.4 Å². The van der Waals surface area contributed by atoms with Crippen molar-refractivity contribution in [1.82, 2.24) is 5.32 Å². The van der Waals surface area contributed by atoms with Crippen LogP contribution in [0.4, 0.5) is 10.5 Å². The predicted octanol–water partition coefficient (Wildman–Crippen LogP) is 4.49. The molecule has 0 radical (unpaired) electrons. The second-order valence-corrected chi connectivity index (χ2v) is 8.99. The number of aromatic carboxylic acids is 1. The highest BCUT2D eigenvalue weighted by molar-refractivity contribution is 6.01. The molecular formula is C27H24N2O6. The van der Waals surface area contributed by atoms with E-state index in [-0.39, 0.29) is 35.9 Å². The molecule has 3 aromatic rings. The Balaban J connectivity index is 1.20. The average Bonchev–Trinajstić information content (AvgIpc) is 3.50. The first kappa shape index (κ1) is 22.5. The van der Waals surface area contributed by atoms with Gasteiger partial charge in [-0.1, -0.05) is 48.5 Å². The minimum absolute atomic E-state index is 0.0167. The normalized spacial score (nSPS) is 15.0. The van der Waals surface area contributed by atoms with Gasteiger partial charge in [-0.3, -0.25) is 4.79 Å². The van der Waals surface area contributed by atoms with E-state index in [9.17, 15) is 24.6 Å². The summed E-state index contributed by atoms with van der Waals surface area (Å²) >= 11 is 0. The number of benzene rings is 3. The number of phenolic OH excluding ortho intramolecular Hbond substituents is 1. The molecule has 0 aliphatic heterocycles. The van der Waals surface area contributed by atoms with Gasteiger partial charge < -0.3 is 25.6 Å². The minimum atomic E-state index is -1.27. The Morgan fingerprint density at radius 3 is 2.17 bits per heavy atom. The Labute approximate surface area is 201 Å². The molecule has 35 heavy (non-hydrogen) atoms. The number of anilines is 1. The second kappa shape index (κ2) is 8.79. The van der Waals surface area contributed by atoms with Crippen LogP contribution in [0.5, 0.6) is 5.75 Å². The molecule has 2 aliphatic carbocycles. The summed E-state index contributed by atoms with van der Waals surface area (Å²) in [6, 6.07) is 19.8. The summed E-state index contributed by atoms with van der Waals surface area (Å²) in [6.07, 6.45) is 0.628. The molecule has 8 nitrogen and oxygen atoms in total. The number of alkyl carbamates (subject to hydrolysis) is 1. The van der Waals surface area contributed by atoms with Gasteiger partial charge in [0.25, 0.3) is 0 Å². The number of carboxylic acid groups (broad SMARTS) is 1. The van der Waals surface area contributed by atoms with Crippen molar-refractivity contribution in [2.75, 3.05) is 11.9 Å². The van der Waals surface area contributed by atoms with Crippen molar-refractivity contribution in [1.29, 1.82) is 0 Å². The number of ether oxygens (including phenoxy) is 1. The lowest BCUT2D eigenvalue weighted by atomic mass is 9.98. The lowest BCUT2D eigenvalue weighted by molar-refractivity contribution is -0.116. The fraction of sp³-hybridized carbons (Fsp3) is 0.222. The van der Waals surface area contributed by atoms with Gasteiger partial charge in [0.2, 0.25) is 5.91 Å². The molecule has 0 atom stereocenters. The molecule has 2 amide bonds. The summed E-state index contributed by atoms with van der Waals surface area (Å²) in [6.45, 7) is 0.178. The number of fused-ring (bicyclic) bond motifs is 3. The van der Waals surface area contributed by atoms with Crippen LogP contribution in [0.1, 0.15) is 46.7 Å². The van der Waals surface area contributed by atoms with Crippen molar-refractivity contribution in [3.8, 4) is 16.9 Å². The first-order valence-electron chi connectivity index (χ1n) is 11.3. The Morgan fingerprint density at radius 2 is 1.57 bits per heavy atom. The van der Waals surface area contributed by atoms with E-state index in [0.29, 0.717) is 12.8 Å². The van der Waals surface area contributed by atoms with Gasteiger partial charge in [0.15, 0.2) is 0 Å². The number of carbonyl (C=O) groups is 3. The van der Waals surface area contributed by atoms with Crippen LogP contribution in [0.15, 0.2) is 66.7 Å². The van der Waals surface area contributed by atoms with Crippen LogP contribution in [-0.4, -0.2) is 40.3 Å². The molecule has 0 aromatic heterocycles. The number of carboxylic acids is 1. The second-order valence-electron chi connectivity index (χ2n) is 8.99. The number of amides is 2. The van der Waals surface area contributed by atoms with Crippen LogP contribution in [0, 0.1) is 0 Å². The largest absolute Gasteiger partial charge is 0.508 e. The number of hydrogen-bond acceptors (Lipinski definition) is 5. The lowest BCUT2D eigenvalue weighted by Crippen LogP contribution is -2.40. The van der Waals surface area contributed by atoms with E-state index in [1.807, 2.05) is 36.4 Å². The maximum Gasteiger partial charge on any atom is 0.407 e. The molecule has 178 valence electrons. The van der Waals surface area contributed by atoms with Gasteiger partial charge in [0.05, 0.1) is 23.2 Å². The summed E-state index contributed by atoms with van der Waals surface area (Å²) in [5.41, 5.74) is 3.66. The van der Waals surface area contributed by atoms with Crippen LogP contribution in [0.25, 0.3) is 11.1 Å². The minimum Gasteiger partial charge on any atom is -0.508 e. The number of rotatable bonds is 7. The third kappa shape index (κ3) is 4.55. The Hall–Kier alpha value is -4.33. The van der Waals surface area contributed by atoms with Crippen LogP contribution < -0.4 is 10.6 Å². The molecule has 4 N–H and O–H groups in total. The summed E-state index contributed by atoms with van der Waals surface area (Å²) in [7, 11) is 0. The highest BCUT2D eigenvalue weighted by atomic mass is 16.5. The summed E-state index contributed by atoms with van der Waals surface area (Å²) in [5, 5.41) is 24.2. The molecule has 2 aliphatic rings. The van der Waals surface area contributed by atoms with Crippen LogP contribution in [0.2, 0.25) is 0 Å². The third-order valence-electron chi connectivity index (χ3n) is 6.57. The van der Waals surface area contributed by atoms with Crippen molar-refractivity contribution >= 4 is 23.7 Å². The summed E-state index contributed by atoms with van der Waals surface area (Å²) in [5.74, 6) is -1.98. The molecule has 0 bridgehead atoms. The van der Waals surface area contributed by atoms with E-state index in [1.54, 1.807) is 0 Å². The maximum atomic E-state index is 12.6. The molecule has 8 heteroatoms. The van der Waals surface area contributed by atoms with E-state index in [2.05, 4.69) is 22.8 Å². The van der Waals surface area contributed by atoms with Crippen molar-refractivity contribution in [3.63, 3.8) is 0 Å². The lowest BCUT2D eigenvalue weighted by Gasteiger charge is -2.19. The molecule has 1 saturated carbocycles. The van der Waals surface area contributed by atoms with E-state index in [0.717, 1.165) is 28.3 Å².